The summed E-state index contributed by atoms with van der Waals surface area (Å²) < 4.78 is 4.47. The molecular formula is C9H11N3O4. The Morgan fingerprint density at radius 3 is 2.88 bits per heavy atom. The molecule has 0 radical (unpaired) electrons. The van der Waals surface area contributed by atoms with Gasteiger partial charge >= 0.3 is 12.1 Å². The number of nitrogens with zero attached hydrogens (tertiary/aromatic N) is 1. The summed E-state index contributed by atoms with van der Waals surface area (Å²) in [5, 5.41) is 11.5. The first kappa shape index (κ1) is 11.8. The minimum absolute atomic E-state index is 0.0548. The molecule has 0 bridgehead atoms. The van der Waals surface area contributed by atoms with Crippen molar-refractivity contribution in [1.82, 2.24) is 4.98 Å². The SMILES string of the molecule is NC(=O)OCCNc1cccc(C(=O)O)n1. The van der Waals surface area contributed by atoms with Crippen molar-refractivity contribution < 1.29 is 19.4 Å². The molecule has 0 aliphatic heterocycles. The summed E-state index contributed by atoms with van der Waals surface area (Å²) >= 11 is 0. The fourth-order valence-corrected chi connectivity index (χ4v) is 0.983. The van der Waals surface area contributed by atoms with Crippen molar-refractivity contribution in [2.24, 2.45) is 5.73 Å². The van der Waals surface area contributed by atoms with Gasteiger partial charge < -0.3 is 20.9 Å². The van der Waals surface area contributed by atoms with E-state index in [9.17, 15) is 9.59 Å². The van der Waals surface area contributed by atoms with Crippen molar-refractivity contribution in [3.05, 3.63) is 23.9 Å². The second kappa shape index (κ2) is 5.54. The maximum absolute atomic E-state index is 10.6. The van der Waals surface area contributed by atoms with Gasteiger partial charge in [-0.25, -0.2) is 14.6 Å². The molecule has 0 spiro atoms. The molecule has 0 unspecified atom stereocenters. The van der Waals surface area contributed by atoms with Crippen LogP contribution in [0.2, 0.25) is 0 Å². The monoisotopic (exact) mass is 225 g/mol. The van der Waals surface area contributed by atoms with Crippen molar-refractivity contribution in [3.63, 3.8) is 0 Å². The normalized spacial score (nSPS) is 9.50. The Hall–Kier alpha value is -2.31. The lowest BCUT2D eigenvalue weighted by molar-refractivity contribution is 0.0690. The second-order valence-corrected chi connectivity index (χ2v) is 2.81. The highest BCUT2D eigenvalue weighted by molar-refractivity contribution is 5.85. The van der Waals surface area contributed by atoms with Gasteiger partial charge in [-0.1, -0.05) is 6.07 Å². The van der Waals surface area contributed by atoms with Gasteiger partial charge in [0.1, 0.15) is 12.4 Å². The predicted octanol–water partition coefficient (Wildman–Crippen LogP) is 0.287. The first-order valence-electron chi connectivity index (χ1n) is 4.46. The van der Waals surface area contributed by atoms with Gasteiger partial charge in [-0.2, -0.15) is 0 Å². The molecule has 0 fully saturated rings. The van der Waals surface area contributed by atoms with Crippen LogP contribution in [0.5, 0.6) is 0 Å². The molecule has 0 saturated carbocycles. The van der Waals surface area contributed by atoms with E-state index in [1.807, 2.05) is 0 Å². The van der Waals surface area contributed by atoms with Gasteiger partial charge in [-0.15, -0.1) is 0 Å². The lowest BCUT2D eigenvalue weighted by Crippen LogP contribution is -2.18. The van der Waals surface area contributed by atoms with E-state index in [1.54, 1.807) is 12.1 Å². The number of pyridine rings is 1. The Bertz CT molecular complexity index is 394. The van der Waals surface area contributed by atoms with Crippen LogP contribution in [0.4, 0.5) is 10.6 Å². The molecule has 1 aromatic heterocycles. The summed E-state index contributed by atoms with van der Waals surface area (Å²) in [7, 11) is 0. The summed E-state index contributed by atoms with van der Waals surface area (Å²) in [5.74, 6) is -0.704. The van der Waals surface area contributed by atoms with E-state index in [2.05, 4.69) is 15.0 Å². The lowest BCUT2D eigenvalue weighted by atomic mass is 10.3. The number of anilines is 1. The Balaban J connectivity index is 2.45. The third kappa shape index (κ3) is 3.82. The molecule has 1 amide bonds. The van der Waals surface area contributed by atoms with Gasteiger partial charge in [-0.3, -0.25) is 0 Å². The number of carboxylic acids is 1. The molecule has 7 nitrogen and oxygen atoms in total. The molecule has 0 saturated heterocycles. The summed E-state index contributed by atoms with van der Waals surface area (Å²) in [5.41, 5.74) is 4.70. The predicted molar refractivity (Wildman–Crippen MR) is 55.2 cm³/mol. The van der Waals surface area contributed by atoms with Gasteiger partial charge in [0, 0.05) is 0 Å². The number of carboxylic acid groups (broad SMARTS) is 1. The minimum atomic E-state index is -1.10. The van der Waals surface area contributed by atoms with Gasteiger partial charge in [0.15, 0.2) is 5.69 Å². The van der Waals surface area contributed by atoms with Crippen LogP contribution in [0.3, 0.4) is 0 Å². The Labute approximate surface area is 91.2 Å². The minimum Gasteiger partial charge on any atom is -0.477 e. The highest BCUT2D eigenvalue weighted by atomic mass is 16.5. The Morgan fingerprint density at radius 1 is 1.50 bits per heavy atom. The number of nitrogens with two attached hydrogens (primary N) is 1. The molecule has 1 rings (SSSR count). The van der Waals surface area contributed by atoms with Gasteiger partial charge in [0.25, 0.3) is 0 Å². The van der Waals surface area contributed by atoms with Gasteiger partial charge in [0.05, 0.1) is 6.54 Å². The number of nitrogens with one attached hydrogen (secondary N) is 1. The van der Waals surface area contributed by atoms with E-state index in [4.69, 9.17) is 10.8 Å². The molecule has 0 aliphatic rings. The zero-order valence-electron chi connectivity index (χ0n) is 8.34. The van der Waals surface area contributed by atoms with Crippen LogP contribution in [0.15, 0.2) is 18.2 Å². The third-order valence-corrected chi connectivity index (χ3v) is 1.62. The average molecular weight is 225 g/mol. The summed E-state index contributed by atoms with van der Waals surface area (Å²) in [6, 6.07) is 4.55. The summed E-state index contributed by atoms with van der Waals surface area (Å²) in [4.78, 5) is 24.6. The van der Waals surface area contributed by atoms with Crippen LogP contribution in [-0.4, -0.2) is 35.3 Å². The molecular weight excluding hydrogens is 214 g/mol. The highest BCUT2D eigenvalue weighted by Gasteiger charge is 2.04. The van der Waals surface area contributed by atoms with E-state index < -0.39 is 12.1 Å². The van der Waals surface area contributed by atoms with Crippen LogP contribution in [0, 0.1) is 0 Å². The molecule has 0 atom stereocenters. The van der Waals surface area contributed by atoms with Crippen LogP contribution in [-0.2, 0) is 4.74 Å². The van der Waals surface area contributed by atoms with Gasteiger partial charge in [0.2, 0.25) is 0 Å². The van der Waals surface area contributed by atoms with Crippen molar-refractivity contribution in [1.29, 1.82) is 0 Å². The number of carbonyl (C=O) groups is 2. The maximum Gasteiger partial charge on any atom is 0.404 e. The first-order valence-corrected chi connectivity index (χ1v) is 4.46. The molecule has 4 N–H and O–H groups in total. The number of hydrogen-bond donors (Lipinski definition) is 3. The highest BCUT2D eigenvalue weighted by Crippen LogP contribution is 2.04. The molecule has 0 aromatic carbocycles. The molecule has 0 aliphatic carbocycles. The van der Waals surface area contributed by atoms with E-state index in [0.717, 1.165) is 0 Å². The third-order valence-electron chi connectivity index (χ3n) is 1.62. The maximum atomic E-state index is 10.6. The van der Waals surface area contributed by atoms with Crippen molar-refractivity contribution in [2.75, 3.05) is 18.5 Å². The molecule has 86 valence electrons. The number of carbonyl (C=O) groups excluding carboxylic acids is 1. The number of aromatic carboxylic acids is 1. The Morgan fingerprint density at radius 2 is 2.25 bits per heavy atom. The lowest BCUT2D eigenvalue weighted by Gasteiger charge is -2.05. The van der Waals surface area contributed by atoms with E-state index in [1.165, 1.54) is 6.07 Å². The van der Waals surface area contributed by atoms with E-state index >= 15 is 0 Å². The molecule has 1 aromatic rings. The summed E-state index contributed by atoms with van der Waals surface area (Å²) in [6.07, 6.45) is -0.853. The molecule has 16 heavy (non-hydrogen) atoms. The molecule has 1 heterocycles. The van der Waals surface area contributed by atoms with Crippen LogP contribution in [0.25, 0.3) is 0 Å². The Kier molecular flexibility index (Phi) is 4.07. The van der Waals surface area contributed by atoms with Crippen molar-refractivity contribution in [3.8, 4) is 0 Å². The van der Waals surface area contributed by atoms with Crippen LogP contribution in [0.1, 0.15) is 10.5 Å². The topological polar surface area (TPSA) is 115 Å². The second-order valence-electron chi connectivity index (χ2n) is 2.81. The fraction of sp³-hybridized carbons (Fsp3) is 0.222. The average Bonchev–Trinajstić information content (AvgIpc) is 2.24. The zero-order valence-corrected chi connectivity index (χ0v) is 8.34. The number of amides is 1. The summed E-state index contributed by atoms with van der Waals surface area (Å²) in [6.45, 7) is 0.396. The van der Waals surface area contributed by atoms with Crippen LogP contribution >= 0.6 is 0 Å². The number of rotatable bonds is 5. The van der Waals surface area contributed by atoms with Crippen molar-refractivity contribution >= 4 is 17.9 Å². The smallest absolute Gasteiger partial charge is 0.404 e. The van der Waals surface area contributed by atoms with Crippen LogP contribution < -0.4 is 11.1 Å². The standard InChI is InChI=1S/C9H11N3O4/c10-9(15)16-5-4-11-7-3-1-2-6(12-7)8(13)14/h1-3H,4-5H2,(H2,10,15)(H,11,12)(H,13,14). The molecule has 7 heteroatoms. The number of primary amides is 1. The first-order chi connectivity index (χ1) is 7.59. The zero-order chi connectivity index (χ0) is 12.0. The van der Waals surface area contributed by atoms with E-state index in [-0.39, 0.29) is 12.3 Å². The number of aromatic nitrogens is 1. The quantitative estimate of drug-likeness (QED) is 0.620. The number of ether oxygens (including phenoxy) is 1. The fourth-order valence-electron chi connectivity index (χ4n) is 0.983. The number of hydrogen-bond acceptors (Lipinski definition) is 5. The van der Waals surface area contributed by atoms with Crippen molar-refractivity contribution in [2.45, 2.75) is 0 Å². The van der Waals surface area contributed by atoms with E-state index in [0.29, 0.717) is 12.4 Å². The largest absolute Gasteiger partial charge is 0.477 e. The van der Waals surface area contributed by atoms with Gasteiger partial charge in [-0.05, 0) is 12.1 Å².